The maximum atomic E-state index is 12.6. The zero-order valence-electron chi connectivity index (χ0n) is 16.5. The van der Waals surface area contributed by atoms with Crippen molar-refractivity contribution >= 4 is 16.7 Å². The Morgan fingerprint density at radius 3 is 2.27 bits per heavy atom. The van der Waals surface area contributed by atoms with E-state index in [9.17, 15) is 9.90 Å². The molecule has 4 rings (SSSR count). The van der Waals surface area contributed by atoms with E-state index in [1.165, 1.54) is 0 Å². The largest absolute Gasteiger partial charge is 0.423 e. The Balaban J connectivity index is 1.55. The Labute approximate surface area is 175 Å². The Kier molecular flexibility index (Phi) is 6.18. The summed E-state index contributed by atoms with van der Waals surface area (Å²) in [5.74, 6) is 0.126. The van der Waals surface area contributed by atoms with Gasteiger partial charge < -0.3 is 15.2 Å². The van der Waals surface area contributed by atoms with Crippen molar-refractivity contribution in [1.82, 2.24) is 5.32 Å². The number of esters is 1. The van der Waals surface area contributed by atoms with Gasteiger partial charge in [0.1, 0.15) is 5.75 Å². The van der Waals surface area contributed by atoms with Gasteiger partial charge >= 0.3 is 5.97 Å². The third-order valence-corrected chi connectivity index (χ3v) is 5.03. The Hall–Kier alpha value is -3.47. The number of benzene rings is 4. The zero-order chi connectivity index (χ0) is 20.8. The second-order valence-electron chi connectivity index (χ2n) is 7.08. The van der Waals surface area contributed by atoms with E-state index in [0.29, 0.717) is 24.4 Å². The van der Waals surface area contributed by atoms with Crippen LogP contribution >= 0.6 is 0 Å². The van der Waals surface area contributed by atoms with Gasteiger partial charge in [0.15, 0.2) is 0 Å². The van der Waals surface area contributed by atoms with E-state index in [1.54, 1.807) is 12.1 Å². The van der Waals surface area contributed by atoms with Crippen LogP contribution < -0.4 is 10.1 Å². The molecule has 0 spiro atoms. The average Bonchev–Trinajstić information content (AvgIpc) is 2.81. The number of hydrogen-bond acceptors (Lipinski definition) is 4. The van der Waals surface area contributed by atoms with Gasteiger partial charge in [0, 0.05) is 18.7 Å². The summed E-state index contributed by atoms with van der Waals surface area (Å²) in [5.41, 5.74) is 2.25. The molecule has 30 heavy (non-hydrogen) atoms. The molecule has 4 aromatic carbocycles. The van der Waals surface area contributed by atoms with Gasteiger partial charge in [-0.05, 0) is 34.5 Å². The predicted molar refractivity (Wildman–Crippen MR) is 118 cm³/mol. The lowest BCUT2D eigenvalue weighted by molar-refractivity contribution is 0.0733. The Morgan fingerprint density at radius 2 is 1.50 bits per heavy atom. The molecule has 2 N–H and O–H groups in total. The molecule has 0 heterocycles. The minimum absolute atomic E-state index is 0.388. The summed E-state index contributed by atoms with van der Waals surface area (Å²) in [4.78, 5) is 12.6. The molecule has 0 fully saturated rings. The number of hydrogen-bond donors (Lipinski definition) is 2. The van der Waals surface area contributed by atoms with E-state index >= 15 is 0 Å². The van der Waals surface area contributed by atoms with Crippen molar-refractivity contribution in [3.63, 3.8) is 0 Å². The zero-order valence-corrected chi connectivity index (χ0v) is 16.5. The van der Waals surface area contributed by atoms with Crippen molar-refractivity contribution in [1.29, 1.82) is 0 Å². The molecule has 0 aromatic heterocycles. The highest BCUT2D eigenvalue weighted by atomic mass is 16.5. The molecule has 0 aliphatic rings. The molecule has 4 heteroatoms. The van der Waals surface area contributed by atoms with Gasteiger partial charge in [0.2, 0.25) is 0 Å². The molecule has 0 aliphatic carbocycles. The van der Waals surface area contributed by atoms with E-state index in [4.69, 9.17) is 4.74 Å². The summed E-state index contributed by atoms with van der Waals surface area (Å²) in [7, 11) is 0. The minimum atomic E-state index is -0.614. The molecule has 0 bridgehead atoms. The van der Waals surface area contributed by atoms with Gasteiger partial charge in [-0.25, -0.2) is 4.79 Å². The number of carbonyl (C=O) groups excluding carboxylic acids is 1. The second kappa shape index (κ2) is 9.35. The number of nitrogens with one attached hydrogen (secondary N) is 1. The van der Waals surface area contributed by atoms with E-state index in [-0.39, 0.29) is 0 Å². The molecule has 4 aromatic rings. The first kappa shape index (κ1) is 19.8. The van der Waals surface area contributed by atoms with Gasteiger partial charge in [0.25, 0.3) is 0 Å². The van der Waals surface area contributed by atoms with E-state index < -0.39 is 12.1 Å². The molecular weight excluding hydrogens is 374 g/mol. The van der Waals surface area contributed by atoms with Crippen molar-refractivity contribution in [2.75, 3.05) is 6.54 Å². The fourth-order valence-corrected chi connectivity index (χ4v) is 3.45. The minimum Gasteiger partial charge on any atom is -0.423 e. The molecule has 0 amide bonds. The first-order valence-electron chi connectivity index (χ1n) is 9.94. The van der Waals surface area contributed by atoms with Crippen molar-refractivity contribution in [2.24, 2.45) is 0 Å². The van der Waals surface area contributed by atoms with Crippen LogP contribution in [0.2, 0.25) is 0 Å². The van der Waals surface area contributed by atoms with Crippen LogP contribution in [0.3, 0.4) is 0 Å². The summed E-state index contributed by atoms with van der Waals surface area (Å²) in [6.45, 7) is 0.849. The first-order valence-corrected chi connectivity index (χ1v) is 9.94. The maximum absolute atomic E-state index is 12.6. The molecule has 0 aliphatic heterocycles. The van der Waals surface area contributed by atoms with Crippen LogP contribution in [0.25, 0.3) is 10.8 Å². The number of ether oxygens (including phenoxy) is 1. The Bertz CT molecular complexity index is 1130. The van der Waals surface area contributed by atoms with Gasteiger partial charge in [-0.3, -0.25) is 0 Å². The van der Waals surface area contributed by atoms with Gasteiger partial charge in [-0.1, -0.05) is 78.9 Å². The van der Waals surface area contributed by atoms with E-state index in [0.717, 1.165) is 21.9 Å². The Morgan fingerprint density at radius 1 is 0.833 bits per heavy atom. The summed E-state index contributed by atoms with van der Waals surface area (Å²) in [6.07, 6.45) is -0.614. The number of aliphatic hydroxyl groups is 1. The van der Waals surface area contributed by atoms with E-state index in [1.807, 2.05) is 84.9 Å². The molecule has 4 nitrogen and oxygen atoms in total. The lowest BCUT2D eigenvalue weighted by Gasteiger charge is -2.16. The molecule has 0 saturated carbocycles. The molecule has 1 atom stereocenters. The third kappa shape index (κ3) is 4.57. The highest BCUT2D eigenvalue weighted by Crippen LogP contribution is 2.29. The first-order chi connectivity index (χ1) is 14.7. The molecule has 150 valence electrons. The summed E-state index contributed by atoms with van der Waals surface area (Å²) < 4.78 is 5.74. The highest BCUT2D eigenvalue weighted by Gasteiger charge is 2.15. The average molecular weight is 397 g/mol. The number of carbonyl (C=O) groups is 1. The third-order valence-electron chi connectivity index (χ3n) is 5.03. The summed E-state index contributed by atoms with van der Waals surface area (Å²) >= 11 is 0. The lowest BCUT2D eigenvalue weighted by atomic mass is 10.0. The number of rotatable bonds is 7. The highest BCUT2D eigenvalue weighted by molar-refractivity contribution is 5.93. The van der Waals surface area contributed by atoms with Crippen molar-refractivity contribution in [3.8, 4) is 5.75 Å². The van der Waals surface area contributed by atoms with Crippen LogP contribution in [0.1, 0.15) is 27.6 Å². The molecular formula is C26H23NO3. The fourth-order valence-electron chi connectivity index (χ4n) is 3.45. The SMILES string of the molecule is O=C(Oc1ccc2ccccc2c1CNCC(O)c1ccccc1)c1ccccc1. The summed E-state index contributed by atoms with van der Waals surface area (Å²) in [5, 5.41) is 15.8. The summed E-state index contributed by atoms with van der Waals surface area (Å²) in [6, 6.07) is 30.3. The smallest absolute Gasteiger partial charge is 0.343 e. The van der Waals surface area contributed by atoms with Crippen LogP contribution in [-0.4, -0.2) is 17.6 Å². The van der Waals surface area contributed by atoms with Gasteiger partial charge in [-0.15, -0.1) is 0 Å². The van der Waals surface area contributed by atoms with Crippen LogP contribution in [-0.2, 0) is 6.54 Å². The van der Waals surface area contributed by atoms with Gasteiger partial charge in [-0.2, -0.15) is 0 Å². The predicted octanol–water partition coefficient (Wildman–Crippen LogP) is 4.88. The standard InChI is InChI=1S/C26H23NO3/c28-24(20-10-3-1-4-11-20)18-27-17-23-22-14-8-7-9-19(22)15-16-25(23)30-26(29)21-12-5-2-6-13-21/h1-16,24,27-28H,17-18H2. The van der Waals surface area contributed by atoms with Crippen LogP contribution in [0.5, 0.6) is 5.75 Å². The quantitative estimate of drug-likeness (QED) is 0.345. The maximum Gasteiger partial charge on any atom is 0.343 e. The van der Waals surface area contributed by atoms with Gasteiger partial charge in [0.05, 0.1) is 11.7 Å². The fraction of sp³-hybridized carbons (Fsp3) is 0.115. The molecule has 0 radical (unpaired) electrons. The lowest BCUT2D eigenvalue weighted by Crippen LogP contribution is -2.22. The van der Waals surface area contributed by atoms with E-state index in [2.05, 4.69) is 5.32 Å². The number of aliphatic hydroxyl groups excluding tert-OH is 1. The van der Waals surface area contributed by atoms with Crippen molar-refractivity contribution in [2.45, 2.75) is 12.6 Å². The monoisotopic (exact) mass is 397 g/mol. The normalized spacial score (nSPS) is 11.9. The topological polar surface area (TPSA) is 58.6 Å². The molecule has 0 saturated heterocycles. The van der Waals surface area contributed by atoms with Crippen LogP contribution in [0, 0.1) is 0 Å². The number of fused-ring (bicyclic) bond motifs is 1. The second-order valence-corrected chi connectivity index (χ2v) is 7.08. The van der Waals surface area contributed by atoms with Crippen molar-refractivity contribution < 1.29 is 14.6 Å². The van der Waals surface area contributed by atoms with Crippen LogP contribution in [0.4, 0.5) is 0 Å². The molecule has 1 unspecified atom stereocenters. The van der Waals surface area contributed by atoms with Crippen molar-refractivity contribution in [3.05, 3.63) is 114 Å². The van der Waals surface area contributed by atoms with Crippen LogP contribution in [0.15, 0.2) is 97.1 Å².